The Morgan fingerprint density at radius 2 is 2.15 bits per heavy atom. The topological polar surface area (TPSA) is 70.5 Å². The second kappa shape index (κ2) is 5.40. The molecule has 1 fully saturated rings. The summed E-state index contributed by atoms with van der Waals surface area (Å²) in [5, 5.41) is 9.89. The molecule has 1 N–H and O–H groups in total. The van der Waals surface area contributed by atoms with E-state index in [1.54, 1.807) is 6.07 Å². The smallest absolute Gasteiger partial charge is 0.326 e. The summed E-state index contributed by atoms with van der Waals surface area (Å²) in [6, 6.07) is 2.26. The van der Waals surface area contributed by atoms with Gasteiger partial charge in [-0.25, -0.2) is 9.78 Å². The van der Waals surface area contributed by atoms with E-state index >= 15 is 0 Å². The normalized spacial score (nSPS) is 21.6. The number of carboxylic acids is 1. The SMILES string of the molecule is CC1(C)CCCN(C(=O)c2ccc(Cl)cn2)C1C(=O)O. The first kappa shape index (κ1) is 14.8. The number of likely N-dealkylation sites (tertiary alicyclic amines) is 1. The van der Waals surface area contributed by atoms with Crippen LogP contribution in [0.15, 0.2) is 18.3 Å². The second-order valence-electron chi connectivity index (χ2n) is 5.69. The van der Waals surface area contributed by atoms with Crippen LogP contribution in [0.25, 0.3) is 0 Å². The number of carbonyl (C=O) groups excluding carboxylic acids is 1. The lowest BCUT2D eigenvalue weighted by atomic mass is 9.76. The molecule has 1 saturated heterocycles. The van der Waals surface area contributed by atoms with Gasteiger partial charge in [-0.1, -0.05) is 25.4 Å². The maximum Gasteiger partial charge on any atom is 0.326 e. The van der Waals surface area contributed by atoms with Crippen LogP contribution in [0.4, 0.5) is 0 Å². The molecule has 0 radical (unpaired) electrons. The molecule has 1 aliphatic rings. The zero-order valence-corrected chi connectivity index (χ0v) is 12.2. The van der Waals surface area contributed by atoms with Crippen molar-refractivity contribution in [3.05, 3.63) is 29.0 Å². The first-order chi connectivity index (χ1) is 9.33. The van der Waals surface area contributed by atoms with E-state index in [9.17, 15) is 14.7 Å². The lowest BCUT2D eigenvalue weighted by Crippen LogP contribution is -2.56. The Labute approximate surface area is 122 Å². The van der Waals surface area contributed by atoms with E-state index in [0.29, 0.717) is 11.6 Å². The number of hydrogen-bond donors (Lipinski definition) is 1. The van der Waals surface area contributed by atoms with Crippen molar-refractivity contribution in [2.45, 2.75) is 32.7 Å². The molecule has 1 aliphatic heterocycles. The number of pyridine rings is 1. The molecule has 20 heavy (non-hydrogen) atoms. The fourth-order valence-electron chi connectivity index (χ4n) is 2.73. The third-order valence-electron chi connectivity index (χ3n) is 3.71. The highest BCUT2D eigenvalue weighted by Gasteiger charge is 2.44. The molecule has 1 aromatic heterocycles. The molecule has 0 bridgehead atoms. The van der Waals surface area contributed by atoms with Gasteiger partial charge in [-0.2, -0.15) is 0 Å². The Morgan fingerprint density at radius 1 is 1.45 bits per heavy atom. The van der Waals surface area contributed by atoms with Crippen LogP contribution in [0.5, 0.6) is 0 Å². The minimum absolute atomic E-state index is 0.221. The molecule has 1 amide bonds. The fourth-order valence-corrected chi connectivity index (χ4v) is 2.84. The maximum atomic E-state index is 12.5. The van der Waals surface area contributed by atoms with Gasteiger partial charge < -0.3 is 10.0 Å². The Kier molecular flexibility index (Phi) is 3.99. The number of carbonyl (C=O) groups is 2. The standard InChI is InChI=1S/C14H17ClN2O3/c1-14(2)6-3-7-17(11(14)13(19)20)12(18)10-5-4-9(15)8-16-10/h4-5,8,11H,3,6-7H2,1-2H3,(H,19,20). The van der Waals surface area contributed by atoms with E-state index < -0.39 is 17.4 Å². The summed E-state index contributed by atoms with van der Waals surface area (Å²) in [5.74, 6) is -1.33. The molecule has 1 atom stereocenters. The summed E-state index contributed by atoms with van der Waals surface area (Å²) in [5.41, 5.74) is -0.232. The molecule has 6 heteroatoms. The average Bonchev–Trinajstić information content (AvgIpc) is 2.36. The molecular formula is C14H17ClN2O3. The van der Waals surface area contributed by atoms with Crippen LogP contribution in [0.1, 0.15) is 37.2 Å². The maximum absolute atomic E-state index is 12.5. The molecule has 0 saturated carbocycles. The first-order valence-corrected chi connectivity index (χ1v) is 6.86. The highest BCUT2D eigenvalue weighted by Crippen LogP contribution is 2.35. The monoisotopic (exact) mass is 296 g/mol. The number of hydrogen-bond acceptors (Lipinski definition) is 3. The van der Waals surface area contributed by atoms with E-state index in [4.69, 9.17) is 11.6 Å². The number of carboxylic acid groups (broad SMARTS) is 1. The zero-order chi connectivity index (χ0) is 14.9. The van der Waals surface area contributed by atoms with E-state index in [0.717, 1.165) is 12.8 Å². The highest BCUT2D eigenvalue weighted by atomic mass is 35.5. The van der Waals surface area contributed by atoms with E-state index in [1.165, 1.54) is 17.2 Å². The van der Waals surface area contributed by atoms with Gasteiger partial charge in [0.1, 0.15) is 11.7 Å². The number of nitrogens with zero attached hydrogens (tertiary/aromatic N) is 2. The number of aliphatic carboxylic acids is 1. The molecule has 2 heterocycles. The molecule has 1 unspecified atom stereocenters. The summed E-state index contributed by atoms with van der Waals surface area (Å²) in [4.78, 5) is 29.4. The van der Waals surface area contributed by atoms with Gasteiger partial charge in [-0.3, -0.25) is 4.79 Å². The largest absolute Gasteiger partial charge is 0.480 e. The van der Waals surface area contributed by atoms with Crippen LogP contribution in [0, 0.1) is 5.41 Å². The van der Waals surface area contributed by atoms with Gasteiger partial charge in [-0.15, -0.1) is 0 Å². The van der Waals surface area contributed by atoms with Crippen LogP contribution in [-0.2, 0) is 4.79 Å². The predicted octanol–water partition coefficient (Wildman–Crippen LogP) is 2.45. The van der Waals surface area contributed by atoms with Gasteiger partial charge in [0.2, 0.25) is 0 Å². The summed E-state index contributed by atoms with van der Waals surface area (Å²) in [7, 11) is 0. The van der Waals surface area contributed by atoms with Gasteiger partial charge in [0.25, 0.3) is 5.91 Å². The van der Waals surface area contributed by atoms with Crippen LogP contribution >= 0.6 is 11.6 Å². The van der Waals surface area contributed by atoms with Crippen LogP contribution in [0.2, 0.25) is 5.02 Å². The van der Waals surface area contributed by atoms with Crippen molar-refractivity contribution in [3.8, 4) is 0 Å². The Morgan fingerprint density at radius 3 is 2.70 bits per heavy atom. The number of amides is 1. The van der Waals surface area contributed by atoms with Crippen molar-refractivity contribution < 1.29 is 14.7 Å². The van der Waals surface area contributed by atoms with Crippen LogP contribution in [-0.4, -0.2) is 39.5 Å². The van der Waals surface area contributed by atoms with Crippen LogP contribution in [0.3, 0.4) is 0 Å². The number of rotatable bonds is 2. The van der Waals surface area contributed by atoms with Gasteiger partial charge in [0, 0.05) is 12.7 Å². The van der Waals surface area contributed by atoms with Crippen molar-refractivity contribution in [1.29, 1.82) is 0 Å². The molecule has 2 rings (SSSR count). The van der Waals surface area contributed by atoms with E-state index in [1.807, 2.05) is 13.8 Å². The van der Waals surface area contributed by atoms with E-state index in [2.05, 4.69) is 4.98 Å². The number of halogens is 1. The zero-order valence-electron chi connectivity index (χ0n) is 11.5. The van der Waals surface area contributed by atoms with Gasteiger partial charge in [0.15, 0.2) is 0 Å². The fraction of sp³-hybridized carbons (Fsp3) is 0.500. The summed E-state index contributed by atoms with van der Waals surface area (Å²) >= 11 is 5.75. The van der Waals surface area contributed by atoms with Crippen molar-refractivity contribution >= 4 is 23.5 Å². The molecule has 0 spiro atoms. The Bertz CT molecular complexity index is 528. The third kappa shape index (κ3) is 2.77. The van der Waals surface area contributed by atoms with Crippen molar-refractivity contribution in [2.75, 3.05) is 6.54 Å². The number of piperidine rings is 1. The minimum Gasteiger partial charge on any atom is -0.480 e. The molecule has 0 aromatic carbocycles. The average molecular weight is 297 g/mol. The summed E-state index contributed by atoms with van der Waals surface area (Å²) in [6.45, 7) is 4.19. The Balaban J connectivity index is 2.31. The third-order valence-corrected chi connectivity index (χ3v) is 3.94. The summed E-state index contributed by atoms with van der Waals surface area (Å²) < 4.78 is 0. The molecular weight excluding hydrogens is 280 g/mol. The van der Waals surface area contributed by atoms with E-state index in [-0.39, 0.29) is 11.6 Å². The molecule has 1 aromatic rings. The summed E-state index contributed by atoms with van der Waals surface area (Å²) in [6.07, 6.45) is 2.96. The first-order valence-electron chi connectivity index (χ1n) is 6.48. The van der Waals surface area contributed by atoms with Gasteiger partial charge in [-0.05, 0) is 30.4 Å². The lowest BCUT2D eigenvalue weighted by molar-refractivity contribution is -0.148. The van der Waals surface area contributed by atoms with Crippen LogP contribution < -0.4 is 0 Å². The van der Waals surface area contributed by atoms with Gasteiger partial charge >= 0.3 is 5.97 Å². The predicted molar refractivity (Wildman–Crippen MR) is 74.7 cm³/mol. The lowest BCUT2D eigenvalue weighted by Gasteiger charge is -2.43. The second-order valence-corrected chi connectivity index (χ2v) is 6.13. The van der Waals surface area contributed by atoms with Gasteiger partial charge in [0.05, 0.1) is 5.02 Å². The molecule has 0 aliphatic carbocycles. The Hall–Kier alpha value is -1.62. The number of aromatic nitrogens is 1. The minimum atomic E-state index is -0.975. The molecule has 108 valence electrons. The highest BCUT2D eigenvalue weighted by molar-refractivity contribution is 6.30. The van der Waals surface area contributed by atoms with Crippen molar-refractivity contribution in [2.24, 2.45) is 5.41 Å². The van der Waals surface area contributed by atoms with Crippen molar-refractivity contribution in [3.63, 3.8) is 0 Å². The molecule has 5 nitrogen and oxygen atoms in total. The van der Waals surface area contributed by atoms with Crippen molar-refractivity contribution in [1.82, 2.24) is 9.88 Å². The quantitative estimate of drug-likeness (QED) is 0.910.